The molecule has 0 aliphatic carbocycles. The van der Waals surface area contributed by atoms with Crippen molar-refractivity contribution in [2.45, 2.75) is 38.6 Å². The van der Waals surface area contributed by atoms with Crippen molar-refractivity contribution in [2.75, 3.05) is 24.2 Å². The van der Waals surface area contributed by atoms with Gasteiger partial charge in [-0.2, -0.15) is 5.26 Å². The van der Waals surface area contributed by atoms with E-state index in [2.05, 4.69) is 34.0 Å². The molecule has 33 heavy (non-hydrogen) atoms. The van der Waals surface area contributed by atoms with E-state index in [4.69, 9.17) is 4.99 Å². The van der Waals surface area contributed by atoms with E-state index in [-0.39, 0.29) is 11.8 Å². The van der Waals surface area contributed by atoms with Crippen LogP contribution in [-0.4, -0.2) is 46.3 Å². The molecule has 1 spiro atoms. The third-order valence-electron chi connectivity index (χ3n) is 6.14. The standard InChI is InChI=1S/C25H27N5O2S/c1-17-15-21(27-18(2)31)8-7-19(17)9-14-33-30-12-10-25(11-13-30)24(32)28-23(29-25)22-6-4-3-5-20(22)16-26/h3-8,15H,9-14H2,1-2H3,(H,27,31)(H,28,29,32). The number of nitriles is 1. The Bertz CT molecular complexity index is 1150. The van der Waals surface area contributed by atoms with Gasteiger partial charge in [0.05, 0.1) is 11.6 Å². The molecule has 2 N–H and O–H groups in total. The summed E-state index contributed by atoms with van der Waals surface area (Å²) in [6, 6.07) is 15.4. The van der Waals surface area contributed by atoms with Gasteiger partial charge in [0.1, 0.15) is 11.4 Å². The number of anilines is 1. The Kier molecular flexibility index (Phi) is 6.82. The minimum atomic E-state index is -0.731. The molecule has 4 rings (SSSR count). The van der Waals surface area contributed by atoms with Crippen molar-refractivity contribution < 1.29 is 9.59 Å². The number of amides is 2. The lowest BCUT2D eigenvalue weighted by atomic mass is 9.89. The van der Waals surface area contributed by atoms with Gasteiger partial charge in [0.2, 0.25) is 5.91 Å². The van der Waals surface area contributed by atoms with E-state index < -0.39 is 5.54 Å². The number of aryl methyl sites for hydroxylation is 2. The van der Waals surface area contributed by atoms with Crippen molar-refractivity contribution in [2.24, 2.45) is 4.99 Å². The number of nitrogens with one attached hydrogen (secondary N) is 2. The van der Waals surface area contributed by atoms with Crippen LogP contribution in [0, 0.1) is 18.3 Å². The highest BCUT2D eigenvalue weighted by atomic mass is 32.2. The molecule has 8 heteroatoms. The molecule has 2 aromatic rings. The smallest absolute Gasteiger partial charge is 0.253 e. The van der Waals surface area contributed by atoms with Gasteiger partial charge in [-0.3, -0.25) is 18.9 Å². The van der Waals surface area contributed by atoms with Gasteiger partial charge >= 0.3 is 0 Å². The third kappa shape index (κ3) is 5.10. The van der Waals surface area contributed by atoms with Crippen LogP contribution in [0.5, 0.6) is 0 Å². The molecular weight excluding hydrogens is 434 g/mol. The van der Waals surface area contributed by atoms with Crippen LogP contribution in [-0.2, 0) is 16.0 Å². The lowest BCUT2D eigenvalue weighted by Gasteiger charge is -2.34. The number of hydrogen-bond donors (Lipinski definition) is 2. The summed E-state index contributed by atoms with van der Waals surface area (Å²) in [7, 11) is 0. The molecule has 0 saturated carbocycles. The van der Waals surface area contributed by atoms with Crippen molar-refractivity contribution in [1.29, 1.82) is 5.26 Å². The predicted molar refractivity (Wildman–Crippen MR) is 131 cm³/mol. The SMILES string of the molecule is CC(=O)Nc1ccc(CCSN2CCC3(CC2)N=C(c2ccccc2C#N)NC3=O)c(C)c1. The molecule has 2 aliphatic rings. The van der Waals surface area contributed by atoms with Gasteiger partial charge in [-0.1, -0.05) is 30.1 Å². The van der Waals surface area contributed by atoms with Crippen LogP contribution in [0.4, 0.5) is 5.69 Å². The minimum absolute atomic E-state index is 0.0650. The number of aliphatic imine (C=N–C) groups is 1. The number of benzene rings is 2. The van der Waals surface area contributed by atoms with E-state index in [0.29, 0.717) is 29.8 Å². The van der Waals surface area contributed by atoms with Gasteiger partial charge in [-0.15, -0.1) is 0 Å². The second kappa shape index (κ2) is 9.77. The Morgan fingerprint density at radius 3 is 2.73 bits per heavy atom. The zero-order valence-electron chi connectivity index (χ0n) is 18.9. The fraction of sp³-hybridized carbons (Fsp3) is 0.360. The molecule has 0 radical (unpaired) electrons. The summed E-state index contributed by atoms with van der Waals surface area (Å²) in [5.41, 5.74) is 3.73. The van der Waals surface area contributed by atoms with Crippen molar-refractivity contribution in [3.05, 3.63) is 64.7 Å². The fourth-order valence-electron chi connectivity index (χ4n) is 4.30. The van der Waals surface area contributed by atoms with Gasteiger partial charge in [0.25, 0.3) is 5.91 Å². The zero-order valence-corrected chi connectivity index (χ0v) is 19.7. The van der Waals surface area contributed by atoms with Crippen LogP contribution >= 0.6 is 11.9 Å². The summed E-state index contributed by atoms with van der Waals surface area (Å²) in [6.45, 7) is 5.15. The fourth-order valence-corrected chi connectivity index (χ4v) is 5.31. The first-order chi connectivity index (χ1) is 15.9. The molecule has 0 atom stereocenters. The molecule has 2 amide bonds. The molecule has 2 aliphatic heterocycles. The van der Waals surface area contributed by atoms with Gasteiger partial charge in [-0.25, -0.2) is 0 Å². The summed E-state index contributed by atoms with van der Waals surface area (Å²) in [4.78, 5) is 28.8. The van der Waals surface area contributed by atoms with E-state index in [1.165, 1.54) is 18.1 Å². The molecule has 170 valence electrons. The highest BCUT2D eigenvalue weighted by Gasteiger charge is 2.46. The maximum atomic E-state index is 12.8. The number of carbonyl (C=O) groups excluding carboxylic acids is 2. The Balaban J connectivity index is 1.32. The average molecular weight is 462 g/mol. The van der Waals surface area contributed by atoms with Gasteiger partial charge in [0, 0.05) is 37.0 Å². The van der Waals surface area contributed by atoms with Crippen LogP contribution in [0.2, 0.25) is 0 Å². The molecule has 2 aromatic carbocycles. The number of amidine groups is 1. The maximum Gasteiger partial charge on any atom is 0.253 e. The first-order valence-electron chi connectivity index (χ1n) is 11.1. The molecule has 2 heterocycles. The lowest BCUT2D eigenvalue weighted by Crippen LogP contribution is -2.47. The van der Waals surface area contributed by atoms with E-state index >= 15 is 0 Å². The topological polar surface area (TPSA) is 97.6 Å². The van der Waals surface area contributed by atoms with Crippen LogP contribution in [0.3, 0.4) is 0 Å². The molecule has 0 unspecified atom stereocenters. The van der Waals surface area contributed by atoms with Crippen molar-refractivity contribution in [3.63, 3.8) is 0 Å². The minimum Gasteiger partial charge on any atom is -0.326 e. The van der Waals surface area contributed by atoms with Crippen molar-refractivity contribution in [3.8, 4) is 6.07 Å². The van der Waals surface area contributed by atoms with Crippen LogP contribution < -0.4 is 10.6 Å². The van der Waals surface area contributed by atoms with Crippen LogP contribution in [0.25, 0.3) is 0 Å². The number of piperidine rings is 1. The van der Waals surface area contributed by atoms with Crippen LogP contribution in [0.15, 0.2) is 47.5 Å². The Morgan fingerprint density at radius 1 is 1.27 bits per heavy atom. The van der Waals surface area contributed by atoms with Gasteiger partial charge < -0.3 is 10.6 Å². The van der Waals surface area contributed by atoms with E-state index in [9.17, 15) is 14.9 Å². The van der Waals surface area contributed by atoms with E-state index in [0.717, 1.165) is 31.0 Å². The second-order valence-electron chi connectivity index (χ2n) is 8.44. The average Bonchev–Trinajstić information content (AvgIpc) is 3.11. The number of hydrogen-bond acceptors (Lipinski definition) is 6. The summed E-state index contributed by atoms with van der Waals surface area (Å²) in [6.07, 6.45) is 2.26. The molecule has 1 saturated heterocycles. The zero-order chi connectivity index (χ0) is 23.4. The monoisotopic (exact) mass is 461 g/mol. The summed E-state index contributed by atoms with van der Waals surface area (Å²) < 4.78 is 2.32. The molecule has 0 bridgehead atoms. The maximum absolute atomic E-state index is 12.8. The lowest BCUT2D eigenvalue weighted by molar-refractivity contribution is -0.124. The normalized spacial score (nSPS) is 17.4. The van der Waals surface area contributed by atoms with Gasteiger partial charge in [0.15, 0.2) is 0 Å². The molecule has 0 aromatic heterocycles. The molecular formula is C25H27N5O2S. The van der Waals surface area contributed by atoms with Crippen LogP contribution in [0.1, 0.15) is 42.0 Å². The highest BCUT2D eigenvalue weighted by molar-refractivity contribution is 7.97. The Hall–Kier alpha value is -3.15. The van der Waals surface area contributed by atoms with Gasteiger partial charge in [-0.05, 0) is 61.6 Å². The Morgan fingerprint density at radius 2 is 2.03 bits per heavy atom. The number of rotatable bonds is 6. The molecule has 1 fully saturated rings. The van der Waals surface area contributed by atoms with Crippen molar-refractivity contribution >= 4 is 35.3 Å². The third-order valence-corrected chi connectivity index (χ3v) is 7.26. The summed E-state index contributed by atoms with van der Waals surface area (Å²) >= 11 is 1.80. The largest absolute Gasteiger partial charge is 0.326 e. The highest BCUT2D eigenvalue weighted by Crippen LogP contribution is 2.33. The second-order valence-corrected chi connectivity index (χ2v) is 9.62. The Labute approximate surface area is 198 Å². The molecule has 7 nitrogen and oxygen atoms in total. The summed E-state index contributed by atoms with van der Waals surface area (Å²) in [5.74, 6) is 1.33. The predicted octanol–water partition coefficient (Wildman–Crippen LogP) is 3.43. The number of nitrogens with zero attached hydrogens (tertiary/aromatic N) is 3. The van der Waals surface area contributed by atoms with E-state index in [1.807, 2.05) is 30.3 Å². The number of carbonyl (C=O) groups is 2. The summed E-state index contributed by atoms with van der Waals surface area (Å²) in [5, 5.41) is 15.1. The van der Waals surface area contributed by atoms with E-state index in [1.54, 1.807) is 18.0 Å². The van der Waals surface area contributed by atoms with Crippen molar-refractivity contribution in [1.82, 2.24) is 9.62 Å². The first kappa shape index (κ1) is 23.0. The quantitative estimate of drug-likeness (QED) is 0.643. The first-order valence-corrected chi connectivity index (χ1v) is 12.0.